The average molecular weight is 458 g/mol. The van der Waals surface area contributed by atoms with E-state index in [9.17, 15) is 24.3 Å². The molecular weight excluding hydrogens is 444 g/mol. The van der Waals surface area contributed by atoms with Gasteiger partial charge in [-0.05, 0) is 18.2 Å². The third-order valence-electron chi connectivity index (χ3n) is 6.80. The summed E-state index contributed by atoms with van der Waals surface area (Å²) in [6, 6.07) is 17.6. The molecule has 0 spiro atoms. The van der Waals surface area contributed by atoms with Crippen LogP contribution >= 0.6 is 0 Å². The predicted molar refractivity (Wildman–Crippen MR) is 134 cm³/mol. The highest BCUT2D eigenvalue weighted by Gasteiger charge is 2.26. The Balaban J connectivity index is 1.72. The Bertz CT molecular complexity index is 2320. The van der Waals surface area contributed by atoms with E-state index in [0.717, 1.165) is 0 Å². The number of rotatable bonds is 0. The number of phenolic OH excluding ortho intramolecular Hbond substituents is 1. The molecule has 0 bridgehead atoms. The van der Waals surface area contributed by atoms with Crippen molar-refractivity contribution in [3.05, 3.63) is 108 Å². The minimum Gasteiger partial charge on any atom is -0.507 e. The van der Waals surface area contributed by atoms with Crippen LogP contribution < -0.4 is 31.7 Å². The van der Waals surface area contributed by atoms with Gasteiger partial charge in [0.1, 0.15) is 16.5 Å². The number of hydrogen-bond donors (Lipinski definition) is 1. The van der Waals surface area contributed by atoms with Crippen LogP contribution in [0.5, 0.6) is 5.75 Å². The predicted octanol–water partition coefficient (Wildman–Crippen LogP) is 2.26. The second-order valence-corrected chi connectivity index (χ2v) is 8.63. The van der Waals surface area contributed by atoms with E-state index in [1.54, 1.807) is 42.5 Å². The molecule has 0 radical (unpaired) electrons. The molecule has 0 amide bonds. The maximum Gasteiger partial charge on any atom is 0.288 e. The number of fused-ring (bicyclic) bond motifs is 8. The van der Waals surface area contributed by atoms with Gasteiger partial charge in [0.2, 0.25) is 10.9 Å². The number of aromatic amines is 2. The fraction of sp³-hybridized carbons (Fsp3) is 0. The number of nitrogens with one attached hydrogen (secondary N) is 2. The minimum atomic E-state index is -0.439. The van der Waals surface area contributed by atoms with Crippen LogP contribution in [-0.4, -0.2) is 5.11 Å². The Morgan fingerprint density at radius 3 is 1.54 bits per heavy atom. The van der Waals surface area contributed by atoms with Crippen molar-refractivity contribution >= 4 is 65.2 Å². The van der Waals surface area contributed by atoms with Gasteiger partial charge in [0.25, 0.3) is 22.1 Å². The minimum absolute atomic E-state index is 0.00837. The van der Waals surface area contributed by atoms with Crippen molar-refractivity contribution in [2.45, 2.75) is 0 Å². The third-order valence-corrected chi connectivity index (χ3v) is 6.80. The lowest BCUT2D eigenvalue weighted by Crippen LogP contribution is -2.23. The summed E-state index contributed by atoms with van der Waals surface area (Å²) >= 11 is 0. The lowest BCUT2D eigenvalue weighted by atomic mass is 9.99. The summed E-state index contributed by atoms with van der Waals surface area (Å²) in [6.07, 6.45) is 0. The van der Waals surface area contributed by atoms with Crippen molar-refractivity contribution in [3.63, 3.8) is 0 Å². The monoisotopic (exact) mass is 458 g/mol. The first kappa shape index (κ1) is 19.4. The van der Waals surface area contributed by atoms with Crippen LogP contribution in [0, 0.1) is 0 Å². The van der Waals surface area contributed by atoms with Gasteiger partial charge in [-0.1, -0.05) is 36.4 Å². The van der Waals surface area contributed by atoms with E-state index in [2.05, 4.69) is 9.97 Å². The largest absolute Gasteiger partial charge is 0.507 e. The Morgan fingerprint density at radius 2 is 0.914 bits per heavy atom. The van der Waals surface area contributed by atoms with E-state index in [1.165, 1.54) is 24.3 Å². The maximum absolute atomic E-state index is 13.4. The van der Waals surface area contributed by atoms with Crippen LogP contribution in [0.1, 0.15) is 0 Å². The van der Waals surface area contributed by atoms with Gasteiger partial charge in [-0.25, -0.2) is 0 Å². The van der Waals surface area contributed by atoms with Crippen molar-refractivity contribution in [1.29, 1.82) is 0 Å². The first-order valence-corrected chi connectivity index (χ1v) is 10.9. The van der Waals surface area contributed by atoms with Crippen molar-refractivity contribution in [2.24, 2.45) is 0 Å². The Hall–Kier alpha value is -5.04. The molecule has 35 heavy (non-hydrogen) atoms. The lowest BCUT2D eigenvalue weighted by Gasteiger charge is -2.03. The first-order valence-electron chi connectivity index (χ1n) is 10.9. The Labute approximate surface area is 193 Å². The highest BCUT2D eigenvalue weighted by molar-refractivity contribution is 6.11. The van der Waals surface area contributed by atoms with Crippen LogP contribution in [0.15, 0.2) is 85.9 Å². The summed E-state index contributed by atoms with van der Waals surface area (Å²) < 4.78 is 0. The zero-order chi connectivity index (χ0) is 24.0. The molecule has 0 atom stereocenters. The molecule has 1 aromatic heterocycles. The lowest BCUT2D eigenvalue weighted by molar-refractivity contribution is -0.359. The molecule has 7 nitrogen and oxygen atoms in total. The summed E-state index contributed by atoms with van der Waals surface area (Å²) in [5.74, 6) is -0.240. The average Bonchev–Trinajstić information content (AvgIpc) is 2.88. The summed E-state index contributed by atoms with van der Waals surface area (Å²) in [7, 11) is 0. The maximum atomic E-state index is 13.4. The van der Waals surface area contributed by atoms with Crippen LogP contribution in [0.25, 0.3) is 65.2 Å². The Kier molecular flexibility index (Phi) is 3.62. The molecule has 1 heterocycles. The summed E-state index contributed by atoms with van der Waals surface area (Å²) in [4.78, 5) is 59.5. The van der Waals surface area contributed by atoms with Gasteiger partial charge in [-0.2, -0.15) is 9.97 Å². The number of benzene rings is 6. The second-order valence-electron chi connectivity index (χ2n) is 8.63. The van der Waals surface area contributed by atoms with E-state index in [0.29, 0.717) is 38.2 Å². The van der Waals surface area contributed by atoms with Crippen molar-refractivity contribution in [3.8, 4) is 5.75 Å². The Morgan fingerprint density at radius 1 is 0.457 bits per heavy atom. The van der Waals surface area contributed by atoms with Gasteiger partial charge in [-0.15, -0.1) is 0 Å². The van der Waals surface area contributed by atoms with Crippen molar-refractivity contribution in [2.75, 3.05) is 0 Å². The fourth-order valence-corrected chi connectivity index (χ4v) is 5.19. The molecule has 0 aliphatic carbocycles. The third kappa shape index (κ3) is 2.38. The van der Waals surface area contributed by atoms with Gasteiger partial charge in [-0.3, -0.25) is 19.2 Å². The number of H-pyrrole nitrogens is 2. The van der Waals surface area contributed by atoms with Crippen molar-refractivity contribution in [1.82, 2.24) is 0 Å². The molecule has 164 valence electrons. The van der Waals surface area contributed by atoms with Gasteiger partial charge in [0, 0.05) is 39.1 Å². The molecule has 7 aromatic rings. The van der Waals surface area contributed by atoms with Crippen LogP contribution in [0.2, 0.25) is 0 Å². The summed E-state index contributed by atoms with van der Waals surface area (Å²) in [5.41, 5.74) is 0.518. The van der Waals surface area contributed by atoms with E-state index in [-0.39, 0.29) is 43.5 Å². The molecule has 0 aliphatic heterocycles. The number of phenols is 1. The summed E-state index contributed by atoms with van der Waals surface area (Å²) in [6.45, 7) is 0. The van der Waals surface area contributed by atoms with E-state index in [4.69, 9.17) is 0 Å². The highest BCUT2D eigenvalue weighted by atomic mass is 16.3. The molecule has 7 heteroatoms. The SMILES string of the molecule is O=c1c2ccccc2c(=O)c2c1ccc1[nH+]c3c(ccc4c(=O)c5c(O)cccc5c(=O)c43)[nH+]c12. The van der Waals surface area contributed by atoms with Crippen LogP contribution in [0.3, 0.4) is 0 Å². The second kappa shape index (κ2) is 6.51. The van der Waals surface area contributed by atoms with Gasteiger partial charge in [0.05, 0.1) is 5.39 Å². The van der Waals surface area contributed by atoms with Gasteiger partial charge >= 0.3 is 0 Å². The number of aromatic hydroxyl groups is 1. The molecule has 0 saturated heterocycles. The topological polar surface area (TPSA) is 117 Å². The normalized spacial score (nSPS) is 12.0. The molecule has 0 aliphatic rings. The number of hydrogen-bond acceptors (Lipinski definition) is 5. The summed E-state index contributed by atoms with van der Waals surface area (Å²) in [5, 5.41) is 12.0. The molecule has 6 aromatic carbocycles. The van der Waals surface area contributed by atoms with E-state index in [1.807, 2.05) is 0 Å². The standard InChI is InChI=1S/C28H12N2O5/c31-19-7-3-6-14-20(19)27(34)16-9-11-18-24(22(16)28(14)35)30-17-10-8-15-21(23(17)29-18)26(33)13-5-2-1-4-12(13)25(15)32/h1-11,31H/p+2. The van der Waals surface area contributed by atoms with Gasteiger partial charge in [0.15, 0.2) is 10.9 Å². The molecule has 0 unspecified atom stereocenters. The molecule has 0 saturated carbocycles. The highest BCUT2D eigenvalue weighted by Crippen LogP contribution is 2.25. The smallest absolute Gasteiger partial charge is 0.288 e. The zero-order valence-corrected chi connectivity index (χ0v) is 17.9. The molecule has 0 fully saturated rings. The zero-order valence-electron chi connectivity index (χ0n) is 17.9. The van der Waals surface area contributed by atoms with Crippen molar-refractivity contribution < 1.29 is 15.1 Å². The van der Waals surface area contributed by atoms with E-state index < -0.39 is 10.9 Å². The van der Waals surface area contributed by atoms with Crippen LogP contribution in [0.4, 0.5) is 0 Å². The first-order chi connectivity index (χ1) is 17.0. The van der Waals surface area contributed by atoms with Gasteiger partial charge < -0.3 is 5.11 Å². The fourth-order valence-electron chi connectivity index (χ4n) is 5.19. The van der Waals surface area contributed by atoms with E-state index >= 15 is 0 Å². The number of aromatic nitrogens is 2. The molecular formula is C28H14N2O5+2. The quantitative estimate of drug-likeness (QED) is 0.276. The molecule has 3 N–H and O–H groups in total. The molecule has 7 rings (SSSR count). The van der Waals surface area contributed by atoms with Crippen LogP contribution in [-0.2, 0) is 0 Å².